The minimum absolute atomic E-state index is 0.0722. The van der Waals surface area contributed by atoms with Gasteiger partial charge in [0.25, 0.3) is 0 Å². The van der Waals surface area contributed by atoms with Crippen molar-refractivity contribution in [3.63, 3.8) is 0 Å². The van der Waals surface area contributed by atoms with Crippen LogP contribution in [0.5, 0.6) is 11.5 Å². The van der Waals surface area contributed by atoms with Gasteiger partial charge in [0.15, 0.2) is 0 Å². The molecule has 0 saturated heterocycles. The molecule has 0 saturated carbocycles. The molecule has 0 bridgehead atoms. The smallest absolute Gasteiger partial charge is 0.305 e. The van der Waals surface area contributed by atoms with Gasteiger partial charge >= 0.3 is 5.69 Å². The molecule has 0 aliphatic rings. The number of nitrogens with zero attached hydrogens (tertiary/aromatic N) is 1. The highest BCUT2D eigenvalue weighted by atomic mass is 79.9. The second-order valence-corrected chi connectivity index (χ2v) is 4.94. The monoisotopic (exact) mass is 353 g/mol. The summed E-state index contributed by atoms with van der Waals surface area (Å²) < 4.78 is 19.7. The highest BCUT2D eigenvalue weighted by Gasteiger charge is 2.15. The zero-order valence-corrected chi connectivity index (χ0v) is 12.1. The van der Waals surface area contributed by atoms with E-state index in [1.165, 1.54) is 6.07 Å². The summed E-state index contributed by atoms with van der Waals surface area (Å²) in [6.45, 7) is 0. The highest BCUT2D eigenvalue weighted by molar-refractivity contribution is 9.10. The van der Waals surface area contributed by atoms with E-state index in [2.05, 4.69) is 15.9 Å². The van der Waals surface area contributed by atoms with E-state index < -0.39 is 16.4 Å². The van der Waals surface area contributed by atoms with E-state index in [0.717, 1.165) is 12.1 Å². The van der Waals surface area contributed by atoms with Crippen LogP contribution >= 0.6 is 15.9 Å². The maximum absolute atomic E-state index is 13.5. The van der Waals surface area contributed by atoms with Crippen molar-refractivity contribution in [3.8, 4) is 11.5 Å². The van der Waals surface area contributed by atoms with Crippen molar-refractivity contribution in [1.29, 1.82) is 5.41 Å². The first-order chi connectivity index (χ1) is 9.88. The number of rotatable bonds is 4. The minimum Gasteiger partial charge on any atom is -0.456 e. The van der Waals surface area contributed by atoms with Gasteiger partial charge in [0.2, 0.25) is 5.82 Å². The lowest BCUT2D eigenvalue weighted by molar-refractivity contribution is -0.387. The maximum atomic E-state index is 13.5. The molecule has 0 amide bonds. The van der Waals surface area contributed by atoms with Crippen LogP contribution in [0.4, 0.5) is 10.1 Å². The first-order valence-electron chi connectivity index (χ1n) is 5.64. The quantitative estimate of drug-likeness (QED) is 0.379. The fraction of sp³-hybridized carbons (Fsp3) is 0. The number of nitrogens with one attached hydrogen (secondary N) is 1. The van der Waals surface area contributed by atoms with Crippen LogP contribution in [-0.4, -0.2) is 10.8 Å². The summed E-state index contributed by atoms with van der Waals surface area (Å²) in [6, 6.07) is 8.00. The molecular weight excluding hydrogens is 345 g/mol. The fourth-order valence-corrected chi connectivity index (χ4v) is 1.99. The Kier molecular flexibility index (Phi) is 4.18. The zero-order valence-electron chi connectivity index (χ0n) is 10.5. The topological polar surface area (TPSA) is 102 Å². The molecule has 0 aromatic heterocycles. The van der Waals surface area contributed by atoms with Crippen molar-refractivity contribution in [2.45, 2.75) is 0 Å². The third kappa shape index (κ3) is 3.34. The number of hydrogen-bond donors (Lipinski definition) is 2. The average molecular weight is 354 g/mol. The Bertz CT molecular complexity index is 737. The minimum atomic E-state index is -1.00. The van der Waals surface area contributed by atoms with Gasteiger partial charge in [0.05, 0.1) is 10.5 Å². The first kappa shape index (κ1) is 14.9. The Morgan fingerprint density at radius 3 is 2.62 bits per heavy atom. The summed E-state index contributed by atoms with van der Waals surface area (Å²) in [4.78, 5) is 9.73. The zero-order chi connectivity index (χ0) is 15.6. The van der Waals surface area contributed by atoms with Gasteiger partial charge in [-0.25, -0.2) is 0 Å². The molecule has 0 radical (unpaired) electrons. The second-order valence-electron chi connectivity index (χ2n) is 4.03. The molecule has 2 rings (SSSR count). The molecule has 3 N–H and O–H groups in total. The van der Waals surface area contributed by atoms with Crippen molar-refractivity contribution >= 4 is 27.5 Å². The Morgan fingerprint density at radius 2 is 2.05 bits per heavy atom. The predicted molar refractivity (Wildman–Crippen MR) is 78.3 cm³/mol. The summed E-state index contributed by atoms with van der Waals surface area (Å²) in [5.74, 6) is -0.894. The van der Waals surface area contributed by atoms with Crippen molar-refractivity contribution in [3.05, 3.63) is 62.4 Å². The molecule has 0 aliphatic heterocycles. The molecule has 108 valence electrons. The van der Waals surface area contributed by atoms with E-state index in [-0.39, 0.29) is 17.3 Å². The Hall–Kier alpha value is -2.48. The Balaban J connectivity index is 2.37. The number of benzene rings is 2. The number of hydrogen-bond acceptors (Lipinski definition) is 4. The van der Waals surface area contributed by atoms with Gasteiger partial charge in [0, 0.05) is 16.6 Å². The lowest BCUT2D eigenvalue weighted by atomic mass is 10.2. The van der Waals surface area contributed by atoms with E-state index in [1.807, 2.05) is 0 Å². The van der Waals surface area contributed by atoms with Crippen LogP contribution in [0.3, 0.4) is 0 Å². The van der Waals surface area contributed by atoms with Crippen molar-refractivity contribution in [2.75, 3.05) is 0 Å². The Labute approximate surface area is 127 Å². The molecule has 0 fully saturated rings. The fourth-order valence-electron chi connectivity index (χ4n) is 1.63. The Morgan fingerprint density at radius 1 is 1.33 bits per heavy atom. The largest absolute Gasteiger partial charge is 0.456 e. The maximum Gasteiger partial charge on any atom is 0.305 e. The van der Waals surface area contributed by atoms with Gasteiger partial charge in [-0.15, -0.1) is 0 Å². The van der Waals surface area contributed by atoms with Gasteiger partial charge in [-0.05, 0) is 24.3 Å². The van der Waals surface area contributed by atoms with Crippen LogP contribution in [-0.2, 0) is 0 Å². The average Bonchev–Trinajstić information content (AvgIpc) is 2.40. The van der Waals surface area contributed by atoms with Gasteiger partial charge in [0.1, 0.15) is 17.3 Å². The van der Waals surface area contributed by atoms with Crippen molar-refractivity contribution in [2.24, 2.45) is 5.73 Å². The van der Waals surface area contributed by atoms with E-state index in [0.29, 0.717) is 10.0 Å². The SMILES string of the molecule is N=C(N)c1cc(Br)ccc1Oc1ccc([N+](=O)[O-])c(F)c1. The van der Waals surface area contributed by atoms with Crippen LogP contribution < -0.4 is 10.5 Å². The molecule has 2 aromatic rings. The first-order valence-corrected chi connectivity index (χ1v) is 6.43. The molecule has 8 heteroatoms. The summed E-state index contributed by atoms with van der Waals surface area (Å²) in [5, 5.41) is 18.0. The summed E-state index contributed by atoms with van der Waals surface area (Å²) >= 11 is 3.24. The van der Waals surface area contributed by atoms with Crippen LogP contribution in [0, 0.1) is 21.3 Å². The van der Waals surface area contributed by atoms with E-state index in [4.69, 9.17) is 15.9 Å². The summed E-state index contributed by atoms with van der Waals surface area (Å²) in [6.07, 6.45) is 0. The predicted octanol–water partition coefficient (Wildman–Crippen LogP) is 3.57. The highest BCUT2D eigenvalue weighted by Crippen LogP contribution is 2.30. The van der Waals surface area contributed by atoms with Gasteiger partial charge in [-0.3, -0.25) is 15.5 Å². The molecule has 0 unspecified atom stereocenters. The number of nitrogens with two attached hydrogens (primary N) is 1. The molecule has 21 heavy (non-hydrogen) atoms. The molecule has 6 nitrogen and oxygen atoms in total. The van der Waals surface area contributed by atoms with Gasteiger partial charge < -0.3 is 10.5 Å². The van der Waals surface area contributed by atoms with E-state index in [1.54, 1.807) is 18.2 Å². The van der Waals surface area contributed by atoms with Crippen LogP contribution in [0.2, 0.25) is 0 Å². The number of halogens is 2. The number of nitro groups is 1. The van der Waals surface area contributed by atoms with Gasteiger partial charge in [-0.2, -0.15) is 4.39 Å². The molecule has 0 aliphatic carbocycles. The number of nitrogen functional groups attached to an aromatic ring is 1. The van der Waals surface area contributed by atoms with Crippen LogP contribution in [0.1, 0.15) is 5.56 Å². The third-order valence-electron chi connectivity index (χ3n) is 2.58. The number of amidine groups is 1. The number of nitro benzene ring substituents is 1. The standard InChI is InChI=1S/C13H9BrFN3O3/c14-7-1-4-12(9(5-7)13(16)17)21-8-2-3-11(18(19)20)10(15)6-8/h1-6H,(H3,16,17). The number of ether oxygens (including phenoxy) is 1. The molecule has 0 atom stereocenters. The normalized spacial score (nSPS) is 10.2. The lowest BCUT2D eigenvalue weighted by Gasteiger charge is -2.10. The molecule has 0 heterocycles. The third-order valence-corrected chi connectivity index (χ3v) is 3.07. The van der Waals surface area contributed by atoms with Crippen molar-refractivity contribution in [1.82, 2.24) is 0 Å². The molecular formula is C13H9BrFN3O3. The summed E-state index contributed by atoms with van der Waals surface area (Å²) in [5.41, 5.74) is 5.14. The van der Waals surface area contributed by atoms with Crippen LogP contribution in [0.15, 0.2) is 40.9 Å². The molecule has 2 aromatic carbocycles. The van der Waals surface area contributed by atoms with Crippen LogP contribution in [0.25, 0.3) is 0 Å². The summed E-state index contributed by atoms with van der Waals surface area (Å²) in [7, 11) is 0. The van der Waals surface area contributed by atoms with Crippen molar-refractivity contribution < 1.29 is 14.1 Å². The second kappa shape index (κ2) is 5.88. The van der Waals surface area contributed by atoms with E-state index >= 15 is 0 Å². The van der Waals surface area contributed by atoms with E-state index in [9.17, 15) is 14.5 Å². The molecule has 0 spiro atoms. The lowest BCUT2D eigenvalue weighted by Crippen LogP contribution is -2.12. The van der Waals surface area contributed by atoms with Gasteiger partial charge in [-0.1, -0.05) is 15.9 Å².